The lowest BCUT2D eigenvalue weighted by Crippen LogP contribution is -2.38. The highest BCUT2D eigenvalue weighted by Gasteiger charge is 2.28. The first-order valence-electron chi connectivity index (χ1n) is 8.41. The highest BCUT2D eigenvalue weighted by molar-refractivity contribution is 7.91. The molecule has 1 atom stereocenters. The number of carbonyl (C=O) groups is 2. The molecule has 0 saturated carbocycles. The molecule has 1 aromatic rings. The van der Waals surface area contributed by atoms with Gasteiger partial charge in [-0.1, -0.05) is 13.8 Å². The highest BCUT2D eigenvalue weighted by atomic mass is 32.2. The van der Waals surface area contributed by atoms with Gasteiger partial charge in [0.15, 0.2) is 9.84 Å². The van der Waals surface area contributed by atoms with E-state index in [1.807, 2.05) is 0 Å². The standard InChI is InChI=1S/C17H25N3O4S/c1-12(2)7-9-18-16(21)13-3-5-14(6-4-13)19-17(22)20-15-8-10-25(23,24)11-15/h3-6,12,15H,7-11H2,1-2H3,(H,18,21)(H2,19,20,22)/t15-/m0/s1. The van der Waals surface area contributed by atoms with Gasteiger partial charge in [-0.05, 0) is 43.0 Å². The van der Waals surface area contributed by atoms with E-state index >= 15 is 0 Å². The molecule has 1 aromatic carbocycles. The molecule has 1 aliphatic rings. The number of amides is 3. The molecule has 1 fully saturated rings. The minimum atomic E-state index is -3.03. The van der Waals surface area contributed by atoms with Gasteiger partial charge in [-0.2, -0.15) is 0 Å². The lowest BCUT2D eigenvalue weighted by molar-refractivity contribution is 0.0952. The van der Waals surface area contributed by atoms with Crippen LogP contribution in [0.2, 0.25) is 0 Å². The van der Waals surface area contributed by atoms with Crippen molar-refractivity contribution in [2.24, 2.45) is 5.92 Å². The first-order chi connectivity index (χ1) is 11.7. The number of urea groups is 1. The van der Waals surface area contributed by atoms with Crippen LogP contribution in [0.3, 0.4) is 0 Å². The van der Waals surface area contributed by atoms with Crippen LogP contribution >= 0.6 is 0 Å². The number of carbonyl (C=O) groups excluding carboxylic acids is 2. The van der Waals surface area contributed by atoms with Gasteiger partial charge >= 0.3 is 6.03 Å². The van der Waals surface area contributed by atoms with E-state index in [1.165, 1.54) is 0 Å². The zero-order valence-electron chi connectivity index (χ0n) is 14.5. The van der Waals surface area contributed by atoms with E-state index in [0.717, 1.165) is 6.42 Å². The Balaban J connectivity index is 1.81. The van der Waals surface area contributed by atoms with Crippen LogP contribution in [0.25, 0.3) is 0 Å². The zero-order chi connectivity index (χ0) is 18.4. The zero-order valence-corrected chi connectivity index (χ0v) is 15.4. The Labute approximate surface area is 148 Å². The van der Waals surface area contributed by atoms with E-state index in [9.17, 15) is 18.0 Å². The Morgan fingerprint density at radius 2 is 1.88 bits per heavy atom. The molecule has 0 aromatic heterocycles. The molecule has 1 heterocycles. The third-order valence-corrected chi connectivity index (χ3v) is 5.75. The van der Waals surface area contributed by atoms with Gasteiger partial charge in [0, 0.05) is 23.8 Å². The first kappa shape index (κ1) is 19.2. The Hall–Kier alpha value is -2.09. The van der Waals surface area contributed by atoms with Crippen molar-refractivity contribution in [3.8, 4) is 0 Å². The number of nitrogens with one attached hydrogen (secondary N) is 3. The van der Waals surface area contributed by atoms with Crippen molar-refractivity contribution in [2.45, 2.75) is 32.7 Å². The second-order valence-corrected chi connectivity index (χ2v) is 8.94. The average Bonchev–Trinajstić information content (AvgIpc) is 2.86. The van der Waals surface area contributed by atoms with Gasteiger partial charge in [0.1, 0.15) is 0 Å². The molecular formula is C17H25N3O4S. The molecule has 2 rings (SSSR count). The summed E-state index contributed by atoms with van der Waals surface area (Å²) in [4.78, 5) is 23.9. The van der Waals surface area contributed by atoms with Gasteiger partial charge in [-0.15, -0.1) is 0 Å². The van der Waals surface area contributed by atoms with Crippen molar-refractivity contribution in [3.63, 3.8) is 0 Å². The summed E-state index contributed by atoms with van der Waals surface area (Å²) in [6, 6.07) is 5.76. The Bertz CT molecular complexity index is 714. The largest absolute Gasteiger partial charge is 0.352 e. The summed E-state index contributed by atoms with van der Waals surface area (Å²) in [7, 11) is -3.03. The molecule has 1 saturated heterocycles. The van der Waals surface area contributed by atoms with Gasteiger partial charge in [-0.3, -0.25) is 4.79 Å². The van der Waals surface area contributed by atoms with Crippen molar-refractivity contribution >= 4 is 27.5 Å². The molecule has 0 bridgehead atoms. The van der Waals surface area contributed by atoms with Crippen molar-refractivity contribution in [3.05, 3.63) is 29.8 Å². The van der Waals surface area contributed by atoms with Crippen LogP contribution in [-0.2, 0) is 9.84 Å². The number of sulfone groups is 1. The molecule has 0 spiro atoms. The lowest BCUT2D eigenvalue weighted by atomic mass is 10.1. The molecule has 3 amide bonds. The molecule has 138 valence electrons. The summed E-state index contributed by atoms with van der Waals surface area (Å²) >= 11 is 0. The first-order valence-corrected chi connectivity index (χ1v) is 10.2. The number of rotatable bonds is 6. The monoisotopic (exact) mass is 367 g/mol. The lowest BCUT2D eigenvalue weighted by Gasteiger charge is -2.12. The van der Waals surface area contributed by atoms with Crippen molar-refractivity contribution < 1.29 is 18.0 Å². The minimum Gasteiger partial charge on any atom is -0.352 e. The van der Waals surface area contributed by atoms with Crippen LogP contribution in [0, 0.1) is 5.92 Å². The van der Waals surface area contributed by atoms with E-state index in [-0.39, 0.29) is 23.5 Å². The number of anilines is 1. The molecule has 8 heteroatoms. The van der Waals surface area contributed by atoms with E-state index < -0.39 is 15.9 Å². The number of benzene rings is 1. The summed E-state index contributed by atoms with van der Waals surface area (Å²) in [5.41, 5.74) is 1.06. The second kappa shape index (κ2) is 8.33. The van der Waals surface area contributed by atoms with Crippen LogP contribution in [0.5, 0.6) is 0 Å². The second-order valence-electron chi connectivity index (χ2n) is 6.71. The molecule has 3 N–H and O–H groups in total. The fourth-order valence-electron chi connectivity index (χ4n) is 2.54. The highest BCUT2D eigenvalue weighted by Crippen LogP contribution is 2.13. The summed E-state index contributed by atoms with van der Waals surface area (Å²) in [5.74, 6) is 0.474. The van der Waals surface area contributed by atoms with Crippen molar-refractivity contribution in [2.75, 3.05) is 23.4 Å². The SMILES string of the molecule is CC(C)CCNC(=O)c1ccc(NC(=O)N[C@H]2CCS(=O)(=O)C2)cc1. The van der Waals surface area contributed by atoms with Gasteiger partial charge in [0.05, 0.1) is 11.5 Å². The van der Waals surface area contributed by atoms with Gasteiger partial charge < -0.3 is 16.0 Å². The molecule has 0 radical (unpaired) electrons. The summed E-state index contributed by atoms with van der Waals surface area (Å²) in [6.07, 6.45) is 1.35. The number of hydrogen-bond donors (Lipinski definition) is 3. The maximum absolute atomic E-state index is 12.0. The molecule has 7 nitrogen and oxygen atoms in total. The van der Waals surface area contributed by atoms with Gasteiger partial charge in [0.25, 0.3) is 5.91 Å². The van der Waals surface area contributed by atoms with E-state index in [1.54, 1.807) is 24.3 Å². The number of hydrogen-bond acceptors (Lipinski definition) is 4. The average molecular weight is 367 g/mol. The van der Waals surface area contributed by atoms with Crippen molar-refractivity contribution in [1.82, 2.24) is 10.6 Å². The van der Waals surface area contributed by atoms with Gasteiger partial charge in [0.2, 0.25) is 0 Å². The fourth-order valence-corrected chi connectivity index (χ4v) is 4.22. The summed E-state index contributed by atoms with van der Waals surface area (Å²) < 4.78 is 22.8. The molecule has 0 unspecified atom stereocenters. The molecular weight excluding hydrogens is 342 g/mol. The van der Waals surface area contributed by atoms with E-state index in [0.29, 0.717) is 30.1 Å². The predicted octanol–water partition coefficient (Wildman–Crippen LogP) is 1.77. The van der Waals surface area contributed by atoms with Crippen LogP contribution in [0.15, 0.2) is 24.3 Å². The quantitative estimate of drug-likeness (QED) is 0.713. The van der Waals surface area contributed by atoms with Gasteiger partial charge in [-0.25, -0.2) is 13.2 Å². The Morgan fingerprint density at radius 1 is 1.20 bits per heavy atom. The molecule has 0 aliphatic carbocycles. The van der Waals surface area contributed by atoms with E-state index in [2.05, 4.69) is 29.8 Å². The Morgan fingerprint density at radius 3 is 2.44 bits per heavy atom. The maximum atomic E-state index is 12.0. The topological polar surface area (TPSA) is 104 Å². The van der Waals surface area contributed by atoms with Crippen LogP contribution in [0.4, 0.5) is 10.5 Å². The predicted molar refractivity (Wildman–Crippen MR) is 97.4 cm³/mol. The summed E-state index contributed by atoms with van der Waals surface area (Å²) in [6.45, 7) is 4.82. The molecule has 25 heavy (non-hydrogen) atoms. The fraction of sp³-hybridized carbons (Fsp3) is 0.529. The van der Waals surface area contributed by atoms with E-state index in [4.69, 9.17) is 0 Å². The van der Waals surface area contributed by atoms with Crippen LogP contribution in [-0.4, -0.2) is 44.4 Å². The maximum Gasteiger partial charge on any atom is 0.319 e. The minimum absolute atomic E-state index is 0.0180. The third kappa shape index (κ3) is 6.38. The smallest absolute Gasteiger partial charge is 0.319 e. The molecule has 1 aliphatic heterocycles. The third-order valence-electron chi connectivity index (χ3n) is 3.98. The van der Waals surface area contributed by atoms with Crippen molar-refractivity contribution in [1.29, 1.82) is 0 Å². The Kier molecular flexibility index (Phi) is 6.41. The van der Waals surface area contributed by atoms with Crippen LogP contribution in [0.1, 0.15) is 37.0 Å². The normalized spacial score (nSPS) is 18.8. The summed E-state index contributed by atoms with van der Waals surface area (Å²) in [5, 5.41) is 8.15. The van der Waals surface area contributed by atoms with Crippen LogP contribution < -0.4 is 16.0 Å².